The van der Waals surface area contributed by atoms with E-state index in [1.165, 1.54) is 11.8 Å². The highest BCUT2D eigenvalue weighted by atomic mass is 35.5. The van der Waals surface area contributed by atoms with E-state index in [1.54, 1.807) is 24.3 Å². The van der Waals surface area contributed by atoms with Crippen LogP contribution in [0.4, 0.5) is 0 Å². The Bertz CT molecular complexity index is 485. The number of hydrogen-bond acceptors (Lipinski definition) is 2. The van der Waals surface area contributed by atoms with Crippen molar-refractivity contribution < 1.29 is 14.7 Å². The van der Waals surface area contributed by atoms with Crippen LogP contribution in [0.15, 0.2) is 24.3 Å². The van der Waals surface area contributed by atoms with Crippen LogP contribution in [0.5, 0.6) is 0 Å². The first-order chi connectivity index (χ1) is 8.50. The van der Waals surface area contributed by atoms with Crippen LogP contribution in [-0.4, -0.2) is 34.0 Å². The molecule has 0 spiro atoms. The summed E-state index contributed by atoms with van der Waals surface area (Å²) in [6.07, 6.45) is 1.73. The Morgan fingerprint density at radius 1 is 1.44 bits per heavy atom. The number of halogens is 1. The van der Waals surface area contributed by atoms with Crippen LogP contribution in [0.25, 0.3) is 0 Å². The SMILES string of the molecule is CC(C(=O)O)N(C(=O)c1cccc(Cl)c1)C1CC1. The topological polar surface area (TPSA) is 57.6 Å². The molecule has 0 aliphatic heterocycles. The quantitative estimate of drug-likeness (QED) is 0.911. The van der Waals surface area contributed by atoms with Crippen molar-refractivity contribution in [3.05, 3.63) is 34.9 Å². The molecule has 1 aromatic rings. The molecule has 0 saturated heterocycles. The molecule has 5 heteroatoms. The zero-order valence-corrected chi connectivity index (χ0v) is 10.7. The number of rotatable bonds is 4. The van der Waals surface area contributed by atoms with Gasteiger partial charge in [0.2, 0.25) is 0 Å². The van der Waals surface area contributed by atoms with Crippen LogP contribution in [0.2, 0.25) is 5.02 Å². The molecule has 0 radical (unpaired) electrons. The lowest BCUT2D eigenvalue weighted by molar-refractivity contribution is -0.141. The summed E-state index contributed by atoms with van der Waals surface area (Å²) in [5, 5.41) is 9.53. The Labute approximate surface area is 110 Å². The van der Waals surface area contributed by atoms with E-state index >= 15 is 0 Å². The molecule has 18 heavy (non-hydrogen) atoms. The fourth-order valence-corrected chi connectivity index (χ4v) is 2.09. The van der Waals surface area contributed by atoms with Gasteiger partial charge in [0.15, 0.2) is 0 Å². The molecule has 1 N–H and O–H groups in total. The Hall–Kier alpha value is -1.55. The molecule has 4 nitrogen and oxygen atoms in total. The van der Waals surface area contributed by atoms with Crippen molar-refractivity contribution in [2.75, 3.05) is 0 Å². The van der Waals surface area contributed by atoms with Crippen molar-refractivity contribution in [1.82, 2.24) is 4.90 Å². The molecule has 0 bridgehead atoms. The monoisotopic (exact) mass is 267 g/mol. The summed E-state index contributed by atoms with van der Waals surface area (Å²) in [6, 6.07) is 5.81. The average Bonchev–Trinajstić information content (AvgIpc) is 3.13. The van der Waals surface area contributed by atoms with Crippen molar-refractivity contribution >= 4 is 23.5 Å². The van der Waals surface area contributed by atoms with Crippen molar-refractivity contribution in [2.45, 2.75) is 31.8 Å². The van der Waals surface area contributed by atoms with Gasteiger partial charge in [-0.3, -0.25) is 4.79 Å². The summed E-state index contributed by atoms with van der Waals surface area (Å²) >= 11 is 5.84. The number of carbonyl (C=O) groups is 2. The first kappa shape index (κ1) is 12.9. The van der Waals surface area contributed by atoms with Gasteiger partial charge in [0, 0.05) is 16.6 Å². The van der Waals surface area contributed by atoms with Gasteiger partial charge in [0.25, 0.3) is 5.91 Å². The minimum Gasteiger partial charge on any atom is -0.480 e. The van der Waals surface area contributed by atoms with E-state index in [2.05, 4.69) is 0 Å². The van der Waals surface area contributed by atoms with E-state index in [1.807, 2.05) is 0 Å². The number of benzene rings is 1. The van der Waals surface area contributed by atoms with Gasteiger partial charge in [0.1, 0.15) is 6.04 Å². The summed E-state index contributed by atoms with van der Waals surface area (Å²) in [7, 11) is 0. The minimum atomic E-state index is -0.989. The molecule has 0 aromatic heterocycles. The first-order valence-corrected chi connectivity index (χ1v) is 6.19. The van der Waals surface area contributed by atoms with Crippen LogP contribution < -0.4 is 0 Å². The molecule has 1 aliphatic rings. The van der Waals surface area contributed by atoms with Gasteiger partial charge >= 0.3 is 5.97 Å². The first-order valence-electron chi connectivity index (χ1n) is 5.81. The smallest absolute Gasteiger partial charge is 0.326 e. The van der Waals surface area contributed by atoms with Crippen molar-refractivity contribution in [3.8, 4) is 0 Å². The Morgan fingerprint density at radius 3 is 2.61 bits per heavy atom. The molecule has 0 heterocycles. The Kier molecular flexibility index (Phi) is 3.57. The predicted octanol–water partition coefficient (Wildman–Crippen LogP) is 2.42. The van der Waals surface area contributed by atoms with Gasteiger partial charge in [-0.1, -0.05) is 17.7 Å². The summed E-state index contributed by atoms with van der Waals surface area (Å²) in [5.41, 5.74) is 0.433. The molecule has 1 atom stereocenters. The Balaban J connectivity index is 2.26. The molecule has 1 aromatic carbocycles. The van der Waals surface area contributed by atoms with Gasteiger partial charge < -0.3 is 10.0 Å². The standard InChI is InChI=1S/C13H14ClNO3/c1-8(13(17)18)15(11-5-6-11)12(16)9-3-2-4-10(14)7-9/h2-4,7-8,11H,5-6H2,1H3,(H,17,18). The molecular weight excluding hydrogens is 254 g/mol. The fraction of sp³-hybridized carbons (Fsp3) is 0.385. The van der Waals surface area contributed by atoms with Gasteiger partial charge in [0.05, 0.1) is 0 Å². The van der Waals surface area contributed by atoms with Crippen LogP contribution in [-0.2, 0) is 4.79 Å². The lowest BCUT2D eigenvalue weighted by Gasteiger charge is -2.26. The van der Waals surface area contributed by atoms with Crippen LogP contribution in [0.1, 0.15) is 30.1 Å². The van der Waals surface area contributed by atoms with E-state index < -0.39 is 12.0 Å². The fourth-order valence-electron chi connectivity index (χ4n) is 1.90. The molecule has 1 fully saturated rings. The second kappa shape index (κ2) is 4.98. The van der Waals surface area contributed by atoms with E-state index in [0.717, 1.165) is 12.8 Å². The number of carboxylic acids is 1. The summed E-state index contributed by atoms with van der Waals surface area (Å²) in [6.45, 7) is 1.53. The van der Waals surface area contributed by atoms with Crippen LogP contribution >= 0.6 is 11.6 Å². The van der Waals surface area contributed by atoms with E-state index in [0.29, 0.717) is 10.6 Å². The van der Waals surface area contributed by atoms with Gasteiger partial charge in [-0.15, -0.1) is 0 Å². The Morgan fingerprint density at radius 2 is 2.11 bits per heavy atom. The van der Waals surface area contributed by atoms with Crippen LogP contribution in [0.3, 0.4) is 0 Å². The van der Waals surface area contributed by atoms with E-state index in [-0.39, 0.29) is 11.9 Å². The summed E-state index contributed by atoms with van der Waals surface area (Å²) in [5.74, 6) is -1.26. The number of aliphatic carboxylic acids is 1. The maximum absolute atomic E-state index is 12.3. The predicted molar refractivity (Wildman–Crippen MR) is 67.7 cm³/mol. The maximum Gasteiger partial charge on any atom is 0.326 e. The number of carboxylic acid groups (broad SMARTS) is 1. The third-order valence-electron chi connectivity index (χ3n) is 3.02. The van der Waals surface area contributed by atoms with E-state index in [9.17, 15) is 9.59 Å². The largest absolute Gasteiger partial charge is 0.480 e. The second-order valence-corrected chi connectivity index (χ2v) is 4.90. The summed E-state index contributed by atoms with van der Waals surface area (Å²) in [4.78, 5) is 24.8. The van der Waals surface area contributed by atoms with Crippen LogP contribution in [0, 0.1) is 0 Å². The average molecular weight is 268 g/mol. The molecule has 1 unspecified atom stereocenters. The summed E-state index contributed by atoms with van der Waals surface area (Å²) < 4.78 is 0. The third-order valence-corrected chi connectivity index (χ3v) is 3.26. The lowest BCUT2D eigenvalue weighted by Crippen LogP contribution is -2.44. The maximum atomic E-state index is 12.3. The molecule has 1 aliphatic carbocycles. The normalized spacial score (nSPS) is 16.1. The lowest BCUT2D eigenvalue weighted by atomic mass is 10.1. The highest BCUT2D eigenvalue weighted by molar-refractivity contribution is 6.31. The molecule has 96 valence electrons. The molecule has 1 saturated carbocycles. The zero-order chi connectivity index (χ0) is 13.3. The number of nitrogens with zero attached hydrogens (tertiary/aromatic N) is 1. The van der Waals surface area contributed by atoms with Gasteiger partial charge in [-0.2, -0.15) is 0 Å². The third kappa shape index (κ3) is 2.64. The molecule has 1 amide bonds. The van der Waals surface area contributed by atoms with Gasteiger partial charge in [-0.25, -0.2) is 4.79 Å². The zero-order valence-electron chi connectivity index (χ0n) is 9.97. The van der Waals surface area contributed by atoms with E-state index in [4.69, 9.17) is 16.7 Å². The van der Waals surface area contributed by atoms with Crippen molar-refractivity contribution in [2.24, 2.45) is 0 Å². The number of amides is 1. The molecular formula is C13H14ClNO3. The number of carbonyl (C=O) groups excluding carboxylic acids is 1. The van der Waals surface area contributed by atoms with Crippen molar-refractivity contribution in [3.63, 3.8) is 0 Å². The number of hydrogen-bond donors (Lipinski definition) is 1. The van der Waals surface area contributed by atoms with Gasteiger partial charge in [-0.05, 0) is 38.0 Å². The highest BCUT2D eigenvalue weighted by Crippen LogP contribution is 2.30. The minimum absolute atomic E-state index is 0.0441. The molecule has 2 rings (SSSR count). The van der Waals surface area contributed by atoms with Crippen molar-refractivity contribution in [1.29, 1.82) is 0 Å². The highest BCUT2D eigenvalue weighted by Gasteiger charge is 2.38. The second-order valence-electron chi connectivity index (χ2n) is 4.47.